The van der Waals surface area contributed by atoms with Gasteiger partial charge in [0.1, 0.15) is 6.29 Å². The van der Waals surface area contributed by atoms with Gasteiger partial charge in [-0.25, -0.2) is 0 Å². The average molecular weight is 284 g/mol. The third-order valence-corrected chi connectivity index (χ3v) is 4.10. The largest absolute Gasteiger partial charge is 0.299 e. The fourth-order valence-electron chi connectivity index (χ4n) is 2.80. The Morgan fingerprint density at radius 1 is 1.10 bits per heavy atom. The predicted octanol–water partition coefficient (Wildman–Crippen LogP) is 5.72. The Bertz CT molecular complexity index is 522. The Balaban J connectivity index is 2.80. The number of hydrogen-bond acceptors (Lipinski definition) is 1. The van der Waals surface area contributed by atoms with Gasteiger partial charge in [0.15, 0.2) is 0 Å². The highest BCUT2D eigenvalue weighted by Crippen LogP contribution is 2.40. The van der Waals surface area contributed by atoms with Gasteiger partial charge in [-0.15, -0.1) is 0 Å². The van der Waals surface area contributed by atoms with Crippen LogP contribution in [0.15, 0.2) is 58.7 Å². The quantitative estimate of drug-likeness (QED) is 0.358. The molecule has 0 heterocycles. The van der Waals surface area contributed by atoms with Gasteiger partial charge in [0.05, 0.1) is 0 Å². The molecule has 0 radical (unpaired) electrons. The lowest BCUT2D eigenvalue weighted by molar-refractivity contribution is -0.104. The molecular formula is C20H28O. The molecule has 0 saturated heterocycles. The highest BCUT2D eigenvalue weighted by atomic mass is 16.1. The van der Waals surface area contributed by atoms with Gasteiger partial charge >= 0.3 is 0 Å². The van der Waals surface area contributed by atoms with Gasteiger partial charge < -0.3 is 0 Å². The van der Waals surface area contributed by atoms with Gasteiger partial charge in [0.2, 0.25) is 0 Å². The second kappa shape index (κ2) is 7.97. The minimum atomic E-state index is 0.290. The van der Waals surface area contributed by atoms with E-state index in [1.165, 1.54) is 36.0 Å². The normalized spacial score (nSPS) is 20.6. The summed E-state index contributed by atoms with van der Waals surface area (Å²) < 4.78 is 0. The van der Waals surface area contributed by atoms with Gasteiger partial charge in [-0.3, -0.25) is 4.79 Å². The maximum atomic E-state index is 10.3. The van der Waals surface area contributed by atoms with Crippen LogP contribution in [0.1, 0.15) is 53.9 Å². The minimum absolute atomic E-state index is 0.290. The Labute approximate surface area is 129 Å². The smallest absolute Gasteiger partial charge is 0.143 e. The van der Waals surface area contributed by atoms with E-state index in [0.29, 0.717) is 0 Å². The lowest BCUT2D eigenvalue weighted by Crippen LogP contribution is -2.19. The lowest BCUT2D eigenvalue weighted by Gasteiger charge is -2.32. The molecule has 0 bridgehead atoms. The second-order valence-electron chi connectivity index (χ2n) is 6.58. The maximum Gasteiger partial charge on any atom is 0.143 e. The second-order valence-corrected chi connectivity index (χ2v) is 6.58. The molecule has 0 unspecified atom stereocenters. The molecular weight excluding hydrogens is 256 g/mol. The fraction of sp³-hybridized carbons (Fsp3) is 0.450. The van der Waals surface area contributed by atoms with Crippen LogP contribution in [0.5, 0.6) is 0 Å². The van der Waals surface area contributed by atoms with Crippen LogP contribution >= 0.6 is 0 Å². The van der Waals surface area contributed by atoms with Crippen molar-refractivity contribution in [2.45, 2.75) is 53.9 Å². The summed E-state index contributed by atoms with van der Waals surface area (Å²) in [5.41, 5.74) is 5.48. The Hall–Kier alpha value is -1.63. The molecule has 0 aliphatic heterocycles. The van der Waals surface area contributed by atoms with E-state index in [2.05, 4.69) is 45.9 Å². The van der Waals surface area contributed by atoms with Crippen molar-refractivity contribution in [3.05, 3.63) is 58.7 Å². The maximum absolute atomic E-state index is 10.3. The highest BCUT2D eigenvalue weighted by Gasteiger charge is 2.26. The summed E-state index contributed by atoms with van der Waals surface area (Å²) in [5.74, 6) is 0. The molecule has 0 aromatic rings. The van der Waals surface area contributed by atoms with Crippen LogP contribution in [0, 0.1) is 5.41 Å². The van der Waals surface area contributed by atoms with Crippen LogP contribution in [0.4, 0.5) is 0 Å². The molecule has 0 saturated carbocycles. The van der Waals surface area contributed by atoms with Crippen LogP contribution in [0.3, 0.4) is 0 Å². The number of rotatable bonds is 5. The van der Waals surface area contributed by atoms with Crippen LogP contribution in [0.25, 0.3) is 0 Å². The molecule has 1 aliphatic carbocycles. The minimum Gasteiger partial charge on any atom is -0.299 e. The van der Waals surface area contributed by atoms with E-state index in [1.807, 2.05) is 19.1 Å². The molecule has 0 spiro atoms. The van der Waals surface area contributed by atoms with E-state index in [-0.39, 0.29) is 5.41 Å². The van der Waals surface area contributed by atoms with Gasteiger partial charge in [-0.2, -0.15) is 0 Å². The Morgan fingerprint density at radius 3 is 2.38 bits per heavy atom. The van der Waals surface area contributed by atoms with Crippen molar-refractivity contribution < 1.29 is 4.79 Å². The summed E-state index contributed by atoms with van der Waals surface area (Å²) >= 11 is 0. The van der Waals surface area contributed by atoms with Crippen molar-refractivity contribution in [2.24, 2.45) is 5.41 Å². The third-order valence-electron chi connectivity index (χ3n) is 4.10. The number of allylic oxidation sites excluding steroid dienone is 10. The van der Waals surface area contributed by atoms with Crippen LogP contribution in [-0.4, -0.2) is 6.29 Å². The first-order valence-corrected chi connectivity index (χ1v) is 7.72. The van der Waals surface area contributed by atoms with E-state index in [4.69, 9.17) is 0 Å². The van der Waals surface area contributed by atoms with Gasteiger partial charge in [-0.1, -0.05) is 55.4 Å². The molecule has 0 fully saturated rings. The van der Waals surface area contributed by atoms with E-state index in [0.717, 1.165) is 11.9 Å². The number of hydrogen-bond donors (Lipinski definition) is 0. The van der Waals surface area contributed by atoms with E-state index in [1.54, 1.807) is 6.08 Å². The molecule has 1 nitrogen and oxygen atoms in total. The molecule has 114 valence electrons. The number of carbonyl (C=O) groups excluding carboxylic acids is 1. The summed E-state index contributed by atoms with van der Waals surface area (Å²) in [6, 6.07) is 0. The summed E-state index contributed by atoms with van der Waals surface area (Å²) in [4.78, 5) is 10.3. The topological polar surface area (TPSA) is 17.1 Å². The molecule has 0 N–H and O–H groups in total. The van der Waals surface area contributed by atoms with Crippen molar-refractivity contribution in [3.63, 3.8) is 0 Å². The fourth-order valence-corrected chi connectivity index (χ4v) is 2.80. The van der Waals surface area contributed by atoms with Gasteiger partial charge in [0.25, 0.3) is 0 Å². The SMILES string of the molecule is CC(C=CC=C(C)/C=C\C1=C(C)CCCC1(C)C)=CC=O. The molecule has 1 rings (SSSR count). The van der Waals surface area contributed by atoms with Gasteiger partial charge in [0, 0.05) is 0 Å². The summed E-state index contributed by atoms with van der Waals surface area (Å²) in [6.07, 6.45) is 16.6. The molecule has 0 amide bonds. The van der Waals surface area contributed by atoms with E-state index in [9.17, 15) is 4.79 Å². The monoisotopic (exact) mass is 284 g/mol. The molecule has 1 aliphatic rings. The third kappa shape index (κ3) is 5.71. The molecule has 1 heteroatoms. The molecule has 0 aromatic carbocycles. The molecule has 0 atom stereocenters. The van der Waals surface area contributed by atoms with E-state index < -0.39 is 0 Å². The van der Waals surface area contributed by atoms with E-state index >= 15 is 0 Å². The first kappa shape index (κ1) is 17.4. The summed E-state index contributed by atoms with van der Waals surface area (Å²) in [6.45, 7) is 10.9. The predicted molar refractivity (Wildman–Crippen MR) is 92.2 cm³/mol. The van der Waals surface area contributed by atoms with Crippen molar-refractivity contribution in [2.75, 3.05) is 0 Å². The van der Waals surface area contributed by atoms with Crippen molar-refractivity contribution >= 4 is 6.29 Å². The highest BCUT2D eigenvalue weighted by molar-refractivity contribution is 5.66. The molecule has 0 aromatic heterocycles. The van der Waals surface area contributed by atoms with Crippen molar-refractivity contribution in [1.82, 2.24) is 0 Å². The zero-order chi connectivity index (χ0) is 15.9. The van der Waals surface area contributed by atoms with Gasteiger partial charge in [-0.05, 0) is 62.7 Å². The lowest BCUT2D eigenvalue weighted by atomic mass is 9.72. The molecule has 21 heavy (non-hydrogen) atoms. The zero-order valence-electron chi connectivity index (χ0n) is 14.1. The number of carbonyl (C=O) groups is 1. The Morgan fingerprint density at radius 2 is 1.76 bits per heavy atom. The first-order chi connectivity index (χ1) is 9.86. The number of aldehydes is 1. The first-order valence-electron chi connectivity index (χ1n) is 7.72. The van der Waals surface area contributed by atoms with Crippen LogP contribution in [-0.2, 0) is 4.79 Å². The standard InChI is InChI=1S/C20H28O/c1-16(8-6-9-17(2)13-15-21)11-12-19-18(3)10-7-14-20(19,4)5/h6,8-9,11-13,15H,7,10,14H2,1-5H3/b9-6?,12-11-,16-8?,17-13?. The average Bonchev–Trinajstić information content (AvgIpc) is 2.37. The summed E-state index contributed by atoms with van der Waals surface area (Å²) in [7, 11) is 0. The van der Waals surface area contributed by atoms with Crippen LogP contribution in [0.2, 0.25) is 0 Å². The Kier molecular flexibility index (Phi) is 6.61. The van der Waals surface area contributed by atoms with Crippen molar-refractivity contribution in [3.8, 4) is 0 Å². The van der Waals surface area contributed by atoms with Crippen molar-refractivity contribution in [1.29, 1.82) is 0 Å². The summed E-state index contributed by atoms with van der Waals surface area (Å²) in [5, 5.41) is 0. The van der Waals surface area contributed by atoms with Crippen LogP contribution < -0.4 is 0 Å². The zero-order valence-corrected chi connectivity index (χ0v) is 14.1.